The van der Waals surface area contributed by atoms with E-state index in [1.165, 1.54) is 5.69 Å². The standard InChI is InChI=1S/C11H17N2OP/c1-12(2)15-13(9-6-10-14-15)11-7-4-3-5-8-11/h3-5,7-8H,6,9-10H2,1-2H3. The van der Waals surface area contributed by atoms with Crippen molar-refractivity contribution in [3.63, 3.8) is 0 Å². The molecule has 1 atom stereocenters. The van der Waals surface area contributed by atoms with Gasteiger partial charge in [0.05, 0.1) is 6.61 Å². The average molecular weight is 224 g/mol. The number of rotatable bonds is 2. The van der Waals surface area contributed by atoms with Crippen molar-refractivity contribution in [2.45, 2.75) is 6.42 Å². The Hall–Kier alpha value is -0.630. The fraction of sp³-hybridized carbons (Fsp3) is 0.455. The highest BCUT2D eigenvalue weighted by Gasteiger charge is 2.26. The number of benzene rings is 1. The lowest BCUT2D eigenvalue weighted by Crippen LogP contribution is -2.31. The fourth-order valence-electron chi connectivity index (χ4n) is 1.68. The van der Waals surface area contributed by atoms with Crippen LogP contribution in [-0.4, -0.2) is 31.9 Å². The first kappa shape index (κ1) is 10.9. The molecule has 4 heteroatoms. The number of para-hydroxylation sites is 1. The minimum atomic E-state index is -0.604. The Bertz CT molecular complexity index is 305. The van der Waals surface area contributed by atoms with Crippen LogP contribution >= 0.6 is 8.45 Å². The second kappa shape index (κ2) is 4.93. The quantitative estimate of drug-likeness (QED) is 0.718. The molecule has 0 N–H and O–H groups in total. The molecule has 82 valence electrons. The van der Waals surface area contributed by atoms with Crippen LogP contribution in [0.1, 0.15) is 6.42 Å². The van der Waals surface area contributed by atoms with Crippen LogP contribution in [0.15, 0.2) is 30.3 Å². The third-order valence-corrected chi connectivity index (χ3v) is 4.27. The summed E-state index contributed by atoms with van der Waals surface area (Å²) >= 11 is 0. The van der Waals surface area contributed by atoms with Gasteiger partial charge in [-0.05, 0) is 32.6 Å². The number of anilines is 1. The summed E-state index contributed by atoms with van der Waals surface area (Å²) in [5.41, 5.74) is 1.26. The Balaban J connectivity index is 2.18. The van der Waals surface area contributed by atoms with Crippen molar-refractivity contribution in [3.05, 3.63) is 30.3 Å². The molecule has 0 radical (unpaired) electrons. The van der Waals surface area contributed by atoms with E-state index in [9.17, 15) is 0 Å². The van der Waals surface area contributed by atoms with Gasteiger partial charge in [0.2, 0.25) is 8.45 Å². The van der Waals surface area contributed by atoms with Crippen molar-refractivity contribution >= 4 is 14.1 Å². The van der Waals surface area contributed by atoms with E-state index in [0.29, 0.717) is 0 Å². The summed E-state index contributed by atoms with van der Waals surface area (Å²) in [5.74, 6) is 0. The molecular weight excluding hydrogens is 207 g/mol. The van der Waals surface area contributed by atoms with Gasteiger partial charge in [-0.2, -0.15) is 0 Å². The largest absolute Gasteiger partial charge is 0.327 e. The van der Waals surface area contributed by atoms with E-state index in [1.54, 1.807) is 0 Å². The summed E-state index contributed by atoms with van der Waals surface area (Å²) in [6, 6.07) is 10.5. The zero-order valence-electron chi connectivity index (χ0n) is 9.26. The number of hydrogen-bond acceptors (Lipinski definition) is 3. The third-order valence-electron chi connectivity index (χ3n) is 2.32. The smallest absolute Gasteiger partial charge is 0.217 e. The predicted molar refractivity (Wildman–Crippen MR) is 65.0 cm³/mol. The maximum Gasteiger partial charge on any atom is 0.217 e. The number of hydrogen-bond donors (Lipinski definition) is 0. The van der Waals surface area contributed by atoms with Gasteiger partial charge in [0.1, 0.15) is 0 Å². The molecule has 15 heavy (non-hydrogen) atoms. The van der Waals surface area contributed by atoms with Gasteiger partial charge in [-0.1, -0.05) is 18.2 Å². The molecule has 1 saturated heterocycles. The molecule has 1 unspecified atom stereocenters. The summed E-state index contributed by atoms with van der Waals surface area (Å²) in [7, 11) is 3.55. The van der Waals surface area contributed by atoms with Gasteiger partial charge in [0.15, 0.2) is 0 Å². The Morgan fingerprint density at radius 2 is 2.00 bits per heavy atom. The van der Waals surface area contributed by atoms with E-state index >= 15 is 0 Å². The van der Waals surface area contributed by atoms with Crippen molar-refractivity contribution in [3.8, 4) is 0 Å². The molecule has 1 aliphatic rings. The van der Waals surface area contributed by atoms with Crippen LogP contribution in [0.4, 0.5) is 5.69 Å². The summed E-state index contributed by atoms with van der Waals surface area (Å²) < 4.78 is 10.4. The summed E-state index contributed by atoms with van der Waals surface area (Å²) in [4.78, 5) is 0. The van der Waals surface area contributed by atoms with E-state index < -0.39 is 8.45 Å². The van der Waals surface area contributed by atoms with Gasteiger partial charge >= 0.3 is 0 Å². The Morgan fingerprint density at radius 1 is 1.27 bits per heavy atom. The molecule has 0 aliphatic carbocycles. The molecule has 1 aliphatic heterocycles. The van der Waals surface area contributed by atoms with Gasteiger partial charge in [-0.15, -0.1) is 0 Å². The monoisotopic (exact) mass is 224 g/mol. The summed E-state index contributed by atoms with van der Waals surface area (Å²) in [6.07, 6.45) is 1.11. The van der Waals surface area contributed by atoms with Crippen LogP contribution in [-0.2, 0) is 4.52 Å². The van der Waals surface area contributed by atoms with E-state index in [2.05, 4.69) is 47.7 Å². The topological polar surface area (TPSA) is 15.7 Å². The van der Waals surface area contributed by atoms with Crippen LogP contribution in [0.3, 0.4) is 0 Å². The number of nitrogens with zero attached hydrogens (tertiary/aromatic N) is 2. The first-order valence-electron chi connectivity index (χ1n) is 5.22. The molecule has 1 heterocycles. The lowest BCUT2D eigenvalue weighted by molar-refractivity contribution is 0.302. The minimum absolute atomic E-state index is 0.604. The Morgan fingerprint density at radius 3 is 2.67 bits per heavy atom. The molecule has 0 saturated carbocycles. The second-order valence-electron chi connectivity index (χ2n) is 3.75. The van der Waals surface area contributed by atoms with E-state index in [1.807, 2.05) is 6.07 Å². The maximum atomic E-state index is 5.82. The van der Waals surface area contributed by atoms with Crippen molar-refractivity contribution in [2.24, 2.45) is 0 Å². The van der Waals surface area contributed by atoms with Crippen LogP contribution in [0.2, 0.25) is 0 Å². The lowest BCUT2D eigenvalue weighted by Gasteiger charge is -2.39. The molecule has 1 aromatic rings. The van der Waals surface area contributed by atoms with Crippen molar-refractivity contribution in [1.82, 2.24) is 4.67 Å². The Kier molecular flexibility index (Phi) is 3.57. The van der Waals surface area contributed by atoms with E-state index in [-0.39, 0.29) is 0 Å². The molecular formula is C11H17N2OP. The van der Waals surface area contributed by atoms with Crippen LogP contribution in [0, 0.1) is 0 Å². The first-order chi connectivity index (χ1) is 7.29. The second-order valence-corrected chi connectivity index (χ2v) is 5.79. The van der Waals surface area contributed by atoms with Gasteiger partial charge in [-0.3, -0.25) is 0 Å². The molecule has 0 bridgehead atoms. The molecule has 3 nitrogen and oxygen atoms in total. The van der Waals surface area contributed by atoms with Gasteiger partial charge in [0, 0.05) is 12.2 Å². The van der Waals surface area contributed by atoms with Gasteiger partial charge in [-0.25, -0.2) is 4.67 Å². The SMILES string of the molecule is CN(C)P1OCCCN1c1ccccc1. The summed E-state index contributed by atoms with van der Waals surface area (Å²) in [5, 5.41) is 0. The fourth-order valence-corrected chi connectivity index (χ4v) is 3.41. The van der Waals surface area contributed by atoms with Crippen molar-refractivity contribution < 1.29 is 4.52 Å². The third kappa shape index (κ3) is 2.49. The maximum absolute atomic E-state index is 5.82. The average Bonchev–Trinajstić information content (AvgIpc) is 2.30. The molecule has 0 amide bonds. The lowest BCUT2D eigenvalue weighted by atomic mass is 10.3. The summed E-state index contributed by atoms with van der Waals surface area (Å²) in [6.45, 7) is 1.97. The highest BCUT2D eigenvalue weighted by molar-refractivity contribution is 7.51. The zero-order valence-corrected chi connectivity index (χ0v) is 10.2. The first-order valence-corrected chi connectivity index (χ1v) is 6.38. The minimum Gasteiger partial charge on any atom is -0.327 e. The molecule has 0 spiro atoms. The molecule has 1 aromatic carbocycles. The highest BCUT2D eigenvalue weighted by atomic mass is 31.2. The molecule has 0 aromatic heterocycles. The molecule has 2 rings (SSSR count). The molecule has 1 fully saturated rings. The van der Waals surface area contributed by atoms with Gasteiger partial charge in [0.25, 0.3) is 0 Å². The predicted octanol–water partition coefficient (Wildman–Crippen LogP) is 2.70. The Labute approximate surface area is 92.6 Å². The van der Waals surface area contributed by atoms with E-state index in [0.717, 1.165) is 19.6 Å². The van der Waals surface area contributed by atoms with Crippen LogP contribution < -0.4 is 4.67 Å². The normalized spacial score (nSPS) is 22.1. The van der Waals surface area contributed by atoms with E-state index in [4.69, 9.17) is 4.52 Å². The highest BCUT2D eigenvalue weighted by Crippen LogP contribution is 2.48. The zero-order chi connectivity index (χ0) is 10.7. The van der Waals surface area contributed by atoms with Gasteiger partial charge < -0.3 is 9.19 Å². The van der Waals surface area contributed by atoms with Crippen LogP contribution in [0.25, 0.3) is 0 Å². The van der Waals surface area contributed by atoms with Crippen LogP contribution in [0.5, 0.6) is 0 Å². The van der Waals surface area contributed by atoms with Crippen molar-refractivity contribution in [1.29, 1.82) is 0 Å². The van der Waals surface area contributed by atoms with Crippen molar-refractivity contribution in [2.75, 3.05) is 31.9 Å².